The van der Waals surface area contributed by atoms with E-state index < -0.39 is 23.6 Å². The lowest BCUT2D eigenvalue weighted by Crippen LogP contribution is -2.34. The molecule has 5 aromatic rings. The molecule has 0 unspecified atom stereocenters. The Morgan fingerprint density at radius 1 is 0.970 bits per heavy atom. The van der Waals surface area contributed by atoms with Crippen LogP contribution in [0.15, 0.2) is 53.4 Å². The summed E-state index contributed by atoms with van der Waals surface area (Å²) in [6.45, 7) is 1.50. The molecule has 0 aliphatic heterocycles. The Kier molecular flexibility index (Phi) is 4.45. The van der Waals surface area contributed by atoms with E-state index in [1.54, 1.807) is 0 Å². The third-order valence-corrected chi connectivity index (χ3v) is 5.14. The van der Waals surface area contributed by atoms with Crippen molar-refractivity contribution in [2.24, 2.45) is 0 Å². The molecule has 0 fully saturated rings. The average molecular weight is 463 g/mol. The summed E-state index contributed by atoms with van der Waals surface area (Å²) in [4.78, 5) is 7.89. The van der Waals surface area contributed by atoms with E-state index in [0.29, 0.717) is 11.6 Å². The standard InChI is InChI=1S/C21H11F6N5O/c1-10-2-3-11(6-14(10)22)13-7-16(20(23,24)21(25,26)27)30-18-12(13)4-5-17-29-15(8-32(17)18)19-31-28-9-33-19/h2-9H,1H3. The maximum absolute atomic E-state index is 14.3. The third-order valence-electron chi connectivity index (χ3n) is 5.14. The molecule has 0 atom stereocenters. The SMILES string of the molecule is Cc1ccc(-c2cc(C(F)(F)C(F)(F)F)nc3c2ccc2nc(-c4nnco4)cn23)cc1F. The molecule has 0 aliphatic rings. The lowest BCUT2D eigenvalue weighted by atomic mass is 9.99. The molecule has 0 saturated heterocycles. The second-order valence-corrected chi connectivity index (χ2v) is 7.26. The molecule has 168 valence electrons. The number of aryl methyl sites for hydroxylation is 1. The summed E-state index contributed by atoms with van der Waals surface area (Å²) in [5, 5.41) is 7.45. The van der Waals surface area contributed by atoms with Gasteiger partial charge < -0.3 is 4.42 Å². The van der Waals surface area contributed by atoms with Gasteiger partial charge in [0.25, 0.3) is 5.89 Å². The second-order valence-electron chi connectivity index (χ2n) is 7.26. The molecular weight excluding hydrogens is 452 g/mol. The first kappa shape index (κ1) is 20.9. The summed E-state index contributed by atoms with van der Waals surface area (Å²) in [6.07, 6.45) is -3.50. The first-order valence-electron chi connectivity index (χ1n) is 9.37. The van der Waals surface area contributed by atoms with Crippen LogP contribution in [-0.2, 0) is 5.92 Å². The Hall–Kier alpha value is -3.96. The van der Waals surface area contributed by atoms with E-state index in [4.69, 9.17) is 4.42 Å². The number of rotatable bonds is 3. The van der Waals surface area contributed by atoms with E-state index in [1.165, 1.54) is 41.8 Å². The first-order chi connectivity index (χ1) is 15.6. The summed E-state index contributed by atoms with van der Waals surface area (Å²) in [7, 11) is 0. The number of halogens is 6. The normalized spacial score (nSPS) is 12.7. The number of benzene rings is 1. The van der Waals surface area contributed by atoms with E-state index in [2.05, 4.69) is 20.2 Å². The largest absolute Gasteiger partial charge is 0.459 e. The van der Waals surface area contributed by atoms with Gasteiger partial charge in [-0.05, 0) is 47.9 Å². The number of aromatic nitrogens is 5. The highest BCUT2D eigenvalue weighted by Crippen LogP contribution is 2.45. The maximum atomic E-state index is 14.3. The van der Waals surface area contributed by atoms with Crippen LogP contribution in [0, 0.1) is 12.7 Å². The molecule has 5 rings (SSSR count). The van der Waals surface area contributed by atoms with Gasteiger partial charge in [-0.3, -0.25) is 4.40 Å². The molecule has 0 spiro atoms. The molecule has 0 radical (unpaired) electrons. The molecule has 0 bridgehead atoms. The molecule has 0 N–H and O–H groups in total. The fourth-order valence-electron chi connectivity index (χ4n) is 3.42. The van der Waals surface area contributed by atoms with Gasteiger partial charge in [-0.1, -0.05) is 12.1 Å². The predicted molar refractivity (Wildman–Crippen MR) is 104 cm³/mol. The Bertz CT molecular complexity index is 1510. The fourth-order valence-corrected chi connectivity index (χ4v) is 3.42. The van der Waals surface area contributed by atoms with Crippen molar-refractivity contribution >= 4 is 16.7 Å². The van der Waals surface area contributed by atoms with Crippen LogP contribution in [0.4, 0.5) is 26.3 Å². The number of alkyl halides is 5. The number of pyridine rings is 2. The van der Waals surface area contributed by atoms with Gasteiger partial charge in [0.05, 0.1) is 0 Å². The predicted octanol–water partition coefficient (Wildman–Crippen LogP) is 5.70. The minimum absolute atomic E-state index is 0.0180. The van der Waals surface area contributed by atoms with Crippen LogP contribution >= 0.6 is 0 Å². The van der Waals surface area contributed by atoms with Crippen molar-refractivity contribution in [3.05, 3.63) is 66.1 Å². The fraction of sp³-hybridized carbons (Fsp3) is 0.143. The minimum Gasteiger partial charge on any atom is -0.422 e. The summed E-state index contributed by atoms with van der Waals surface area (Å²) in [6, 6.07) is 7.51. The number of hydrogen-bond donors (Lipinski definition) is 0. The van der Waals surface area contributed by atoms with E-state index in [0.717, 1.165) is 12.5 Å². The zero-order valence-electron chi connectivity index (χ0n) is 16.5. The molecule has 4 heterocycles. The topological polar surface area (TPSA) is 69.1 Å². The van der Waals surface area contributed by atoms with Crippen LogP contribution in [0.5, 0.6) is 0 Å². The van der Waals surface area contributed by atoms with Gasteiger partial charge in [0.15, 0.2) is 0 Å². The van der Waals surface area contributed by atoms with E-state index in [1.807, 2.05) is 0 Å². The summed E-state index contributed by atoms with van der Waals surface area (Å²) >= 11 is 0. The van der Waals surface area contributed by atoms with Crippen molar-refractivity contribution in [2.75, 3.05) is 0 Å². The maximum Gasteiger partial charge on any atom is 0.459 e. The Labute approximate surface area is 180 Å². The molecule has 0 aliphatic carbocycles. The van der Waals surface area contributed by atoms with Gasteiger partial charge in [0.1, 0.15) is 28.5 Å². The molecule has 6 nitrogen and oxygen atoms in total. The summed E-state index contributed by atoms with van der Waals surface area (Å²) in [5.74, 6) is -5.87. The van der Waals surface area contributed by atoms with Gasteiger partial charge in [0, 0.05) is 11.6 Å². The molecule has 4 aromatic heterocycles. The van der Waals surface area contributed by atoms with Crippen molar-refractivity contribution in [3.8, 4) is 22.7 Å². The monoisotopic (exact) mass is 463 g/mol. The van der Waals surface area contributed by atoms with Gasteiger partial charge in [0.2, 0.25) is 6.39 Å². The van der Waals surface area contributed by atoms with Crippen molar-refractivity contribution in [2.45, 2.75) is 19.0 Å². The zero-order valence-corrected chi connectivity index (χ0v) is 16.5. The van der Waals surface area contributed by atoms with Gasteiger partial charge in [-0.25, -0.2) is 14.4 Å². The van der Waals surface area contributed by atoms with Crippen LogP contribution in [-0.4, -0.2) is 30.7 Å². The lowest BCUT2D eigenvalue weighted by Gasteiger charge is -2.21. The van der Waals surface area contributed by atoms with Crippen LogP contribution < -0.4 is 0 Å². The average Bonchev–Trinajstić information content (AvgIpc) is 3.43. The summed E-state index contributed by atoms with van der Waals surface area (Å²) in [5.41, 5.74) is -1.05. The van der Waals surface area contributed by atoms with Crippen molar-refractivity contribution in [1.29, 1.82) is 0 Å². The van der Waals surface area contributed by atoms with Crippen LogP contribution in [0.3, 0.4) is 0 Å². The summed E-state index contributed by atoms with van der Waals surface area (Å²) < 4.78 is 88.7. The molecule has 1 aromatic carbocycles. The smallest absolute Gasteiger partial charge is 0.422 e. The first-order valence-corrected chi connectivity index (χ1v) is 9.37. The highest BCUT2D eigenvalue weighted by Gasteiger charge is 2.60. The molecule has 33 heavy (non-hydrogen) atoms. The van der Waals surface area contributed by atoms with Gasteiger partial charge in [-0.2, -0.15) is 22.0 Å². The quantitative estimate of drug-likeness (QED) is 0.321. The highest BCUT2D eigenvalue weighted by molar-refractivity contribution is 5.94. The Balaban J connectivity index is 1.86. The highest BCUT2D eigenvalue weighted by atomic mass is 19.4. The van der Waals surface area contributed by atoms with Gasteiger partial charge >= 0.3 is 12.1 Å². The van der Waals surface area contributed by atoms with Crippen LogP contribution in [0.25, 0.3) is 39.4 Å². The number of fused-ring (bicyclic) bond motifs is 3. The third kappa shape index (κ3) is 3.29. The second kappa shape index (κ2) is 7.02. The van der Waals surface area contributed by atoms with E-state index in [-0.39, 0.29) is 39.4 Å². The van der Waals surface area contributed by atoms with Crippen LogP contribution in [0.2, 0.25) is 0 Å². The van der Waals surface area contributed by atoms with Crippen molar-refractivity contribution in [1.82, 2.24) is 24.6 Å². The molecule has 0 saturated carbocycles. The Morgan fingerprint density at radius 3 is 2.42 bits per heavy atom. The number of hydrogen-bond acceptors (Lipinski definition) is 5. The van der Waals surface area contributed by atoms with Gasteiger partial charge in [-0.15, -0.1) is 10.2 Å². The Morgan fingerprint density at radius 2 is 1.76 bits per heavy atom. The number of imidazole rings is 1. The van der Waals surface area contributed by atoms with Crippen LogP contribution in [0.1, 0.15) is 11.3 Å². The molecular formula is C21H11F6N5O. The van der Waals surface area contributed by atoms with Crippen molar-refractivity contribution < 1.29 is 30.8 Å². The molecule has 12 heteroatoms. The number of nitrogens with zero attached hydrogens (tertiary/aromatic N) is 5. The lowest BCUT2D eigenvalue weighted by molar-refractivity contribution is -0.290. The minimum atomic E-state index is -5.89. The van der Waals surface area contributed by atoms with E-state index >= 15 is 0 Å². The van der Waals surface area contributed by atoms with E-state index in [9.17, 15) is 26.3 Å². The zero-order chi connectivity index (χ0) is 23.5. The molecule has 0 amide bonds. The van der Waals surface area contributed by atoms with Crippen molar-refractivity contribution in [3.63, 3.8) is 0 Å².